The molecule has 0 radical (unpaired) electrons. The van der Waals surface area contributed by atoms with Crippen molar-refractivity contribution in [3.63, 3.8) is 0 Å². The molecule has 0 aromatic rings. The average Bonchev–Trinajstić information content (AvgIpc) is 2.55. The summed E-state index contributed by atoms with van der Waals surface area (Å²) in [5, 5.41) is 7.71. The van der Waals surface area contributed by atoms with Gasteiger partial charge in [-0.05, 0) is 38.6 Å². The van der Waals surface area contributed by atoms with E-state index in [0.29, 0.717) is 31.7 Å². The zero-order valence-corrected chi connectivity index (χ0v) is 15.2. The van der Waals surface area contributed by atoms with E-state index < -0.39 is 0 Å². The summed E-state index contributed by atoms with van der Waals surface area (Å²) in [7, 11) is 0. The molecule has 0 bridgehead atoms. The summed E-state index contributed by atoms with van der Waals surface area (Å²) in [5.74, 6) is -0.0820. The minimum Gasteiger partial charge on any atom is -0.466 e. The maximum absolute atomic E-state index is 11.6. The second-order valence-electron chi connectivity index (χ2n) is 6.40. The number of rotatable bonds is 17. The molecular weight excluding hydrogens is 288 g/mol. The minimum atomic E-state index is -0.0820. The largest absolute Gasteiger partial charge is 0.466 e. The maximum atomic E-state index is 11.6. The van der Waals surface area contributed by atoms with Crippen molar-refractivity contribution in [2.24, 2.45) is 5.73 Å². The van der Waals surface area contributed by atoms with Gasteiger partial charge in [0, 0.05) is 12.1 Å². The van der Waals surface area contributed by atoms with Gasteiger partial charge in [0.05, 0.1) is 6.61 Å². The summed E-state index contributed by atoms with van der Waals surface area (Å²) in [6.45, 7) is 3.32. The lowest BCUT2D eigenvalue weighted by molar-refractivity contribution is -0.143. The van der Waals surface area contributed by atoms with E-state index in [1.807, 2.05) is 0 Å². The molecule has 3 N–H and O–H groups in total. The minimum absolute atomic E-state index is 0.0820. The summed E-state index contributed by atoms with van der Waals surface area (Å²) < 4.78 is 5.21. The Labute approximate surface area is 143 Å². The second kappa shape index (κ2) is 17.5. The lowest BCUT2D eigenvalue weighted by atomic mass is 10.1. The Morgan fingerprint density at radius 3 is 2.00 bits per heavy atom. The van der Waals surface area contributed by atoms with Gasteiger partial charge in [-0.3, -0.25) is 4.79 Å². The Bertz CT molecular complexity index is 293. The zero-order valence-electron chi connectivity index (χ0n) is 15.2. The number of hydrogen-bond acceptors (Lipinski definition) is 4. The number of carbonyl (C=O) groups excluding carboxylic acids is 1. The highest BCUT2D eigenvalue weighted by molar-refractivity contribution is 5.81. The number of esters is 1. The molecule has 0 aliphatic carbocycles. The van der Waals surface area contributed by atoms with Gasteiger partial charge in [-0.2, -0.15) is 0 Å². The molecule has 0 saturated heterocycles. The van der Waals surface area contributed by atoms with Gasteiger partial charge in [0.25, 0.3) is 0 Å². The third-order valence-corrected chi connectivity index (χ3v) is 4.05. The van der Waals surface area contributed by atoms with E-state index >= 15 is 0 Å². The van der Waals surface area contributed by atoms with Crippen molar-refractivity contribution in [2.75, 3.05) is 13.2 Å². The molecule has 136 valence electrons. The van der Waals surface area contributed by atoms with E-state index in [9.17, 15) is 4.79 Å². The fourth-order valence-electron chi connectivity index (χ4n) is 2.56. The van der Waals surface area contributed by atoms with Crippen molar-refractivity contribution in [2.45, 2.75) is 96.8 Å². The molecule has 0 saturated carbocycles. The molecule has 4 nitrogen and oxygen atoms in total. The van der Waals surface area contributed by atoms with Crippen LogP contribution >= 0.6 is 0 Å². The molecular formula is C19H38N2O2. The molecule has 0 atom stereocenters. The first-order chi connectivity index (χ1) is 11.2. The summed E-state index contributed by atoms with van der Waals surface area (Å²) in [5.41, 5.74) is 6.12. The third kappa shape index (κ3) is 17.3. The molecule has 0 fully saturated rings. The van der Waals surface area contributed by atoms with Crippen LogP contribution in [0.2, 0.25) is 0 Å². The molecule has 0 amide bonds. The SMILES string of the molecule is CCCCCCCCCCCC(=O)OCCCC(=N)CCCN. The van der Waals surface area contributed by atoms with Crippen molar-refractivity contribution < 1.29 is 9.53 Å². The van der Waals surface area contributed by atoms with Gasteiger partial charge in [-0.15, -0.1) is 0 Å². The smallest absolute Gasteiger partial charge is 0.305 e. The van der Waals surface area contributed by atoms with Gasteiger partial charge < -0.3 is 15.9 Å². The van der Waals surface area contributed by atoms with Crippen LogP contribution < -0.4 is 5.73 Å². The highest BCUT2D eigenvalue weighted by atomic mass is 16.5. The molecule has 0 aliphatic rings. The van der Waals surface area contributed by atoms with Crippen LogP contribution in [0.1, 0.15) is 96.8 Å². The molecule has 0 spiro atoms. The monoisotopic (exact) mass is 326 g/mol. The van der Waals surface area contributed by atoms with Gasteiger partial charge in [-0.1, -0.05) is 58.3 Å². The van der Waals surface area contributed by atoms with Crippen LogP contribution in [0, 0.1) is 5.41 Å². The maximum Gasteiger partial charge on any atom is 0.305 e. The van der Waals surface area contributed by atoms with Gasteiger partial charge in [0.1, 0.15) is 0 Å². The Morgan fingerprint density at radius 1 is 0.826 bits per heavy atom. The van der Waals surface area contributed by atoms with E-state index in [-0.39, 0.29) is 5.97 Å². The standard InChI is InChI=1S/C19H38N2O2/c1-2-3-4-5-6-7-8-9-10-15-19(22)23-17-12-14-18(21)13-11-16-20/h21H,2-17,20H2,1H3. The number of unbranched alkanes of at least 4 members (excludes halogenated alkanes) is 8. The van der Waals surface area contributed by atoms with Crippen LogP contribution in [0.25, 0.3) is 0 Å². The first-order valence-corrected chi connectivity index (χ1v) is 9.62. The highest BCUT2D eigenvalue weighted by Crippen LogP contribution is 2.11. The Hall–Kier alpha value is -0.900. The lowest BCUT2D eigenvalue weighted by Crippen LogP contribution is -2.08. The van der Waals surface area contributed by atoms with E-state index in [1.165, 1.54) is 44.9 Å². The van der Waals surface area contributed by atoms with Gasteiger partial charge >= 0.3 is 5.97 Å². The van der Waals surface area contributed by atoms with Crippen molar-refractivity contribution in [1.82, 2.24) is 0 Å². The van der Waals surface area contributed by atoms with E-state index in [2.05, 4.69) is 6.92 Å². The average molecular weight is 327 g/mol. The quantitative estimate of drug-likeness (QED) is 0.224. The second-order valence-corrected chi connectivity index (χ2v) is 6.40. The van der Waals surface area contributed by atoms with Crippen LogP contribution in [-0.2, 0) is 9.53 Å². The van der Waals surface area contributed by atoms with Crippen molar-refractivity contribution in [1.29, 1.82) is 5.41 Å². The first kappa shape index (κ1) is 22.1. The normalized spacial score (nSPS) is 10.7. The van der Waals surface area contributed by atoms with E-state index in [1.54, 1.807) is 0 Å². The van der Waals surface area contributed by atoms with Crippen LogP contribution in [0.5, 0.6) is 0 Å². The predicted octanol–water partition coefficient (Wildman–Crippen LogP) is 4.99. The third-order valence-electron chi connectivity index (χ3n) is 4.05. The zero-order chi connectivity index (χ0) is 17.2. The highest BCUT2D eigenvalue weighted by Gasteiger charge is 2.03. The van der Waals surface area contributed by atoms with Crippen molar-refractivity contribution in [3.8, 4) is 0 Å². The van der Waals surface area contributed by atoms with Gasteiger partial charge in [-0.25, -0.2) is 0 Å². The molecule has 0 aromatic carbocycles. The number of hydrogen-bond donors (Lipinski definition) is 2. The topological polar surface area (TPSA) is 76.2 Å². The van der Waals surface area contributed by atoms with Crippen LogP contribution in [0.4, 0.5) is 0 Å². The Balaban J connectivity index is 3.26. The number of ether oxygens (including phenoxy) is 1. The van der Waals surface area contributed by atoms with E-state index in [4.69, 9.17) is 15.9 Å². The van der Waals surface area contributed by atoms with E-state index in [0.717, 1.165) is 32.1 Å². The van der Waals surface area contributed by atoms with Gasteiger partial charge in [0.2, 0.25) is 0 Å². The summed E-state index contributed by atoms with van der Waals surface area (Å²) in [4.78, 5) is 11.6. The molecule has 0 heterocycles. The number of nitrogens with two attached hydrogens (primary N) is 1. The summed E-state index contributed by atoms with van der Waals surface area (Å²) in [6, 6.07) is 0. The molecule has 0 aliphatic heterocycles. The Kier molecular flexibility index (Phi) is 16.8. The fourth-order valence-corrected chi connectivity index (χ4v) is 2.56. The first-order valence-electron chi connectivity index (χ1n) is 9.62. The fraction of sp³-hybridized carbons (Fsp3) is 0.895. The molecule has 4 heteroatoms. The summed E-state index contributed by atoms with van der Waals surface area (Å²) >= 11 is 0. The lowest BCUT2D eigenvalue weighted by Gasteiger charge is -2.06. The predicted molar refractivity (Wildman–Crippen MR) is 98.1 cm³/mol. The number of nitrogens with one attached hydrogen (secondary N) is 1. The molecule has 23 heavy (non-hydrogen) atoms. The molecule has 0 rings (SSSR count). The van der Waals surface area contributed by atoms with Crippen molar-refractivity contribution in [3.05, 3.63) is 0 Å². The van der Waals surface area contributed by atoms with Gasteiger partial charge in [0.15, 0.2) is 0 Å². The Morgan fingerprint density at radius 2 is 1.39 bits per heavy atom. The van der Waals surface area contributed by atoms with Crippen LogP contribution in [-0.4, -0.2) is 24.8 Å². The van der Waals surface area contributed by atoms with Crippen LogP contribution in [0.15, 0.2) is 0 Å². The number of carbonyl (C=O) groups is 1. The van der Waals surface area contributed by atoms with Crippen LogP contribution in [0.3, 0.4) is 0 Å². The molecule has 0 aromatic heterocycles. The molecule has 0 unspecified atom stereocenters. The summed E-state index contributed by atoms with van der Waals surface area (Å²) in [6.07, 6.45) is 15.0. The van der Waals surface area contributed by atoms with Crippen molar-refractivity contribution >= 4 is 11.7 Å².